The van der Waals surface area contributed by atoms with Gasteiger partial charge in [0.05, 0.1) is 37.9 Å². The van der Waals surface area contributed by atoms with Crippen LogP contribution in [0.3, 0.4) is 0 Å². The molecule has 2 bridgehead atoms. The monoisotopic (exact) mass is 570 g/mol. The Balaban J connectivity index is 1.48. The Hall–Kier alpha value is -2.68. The van der Waals surface area contributed by atoms with Crippen molar-refractivity contribution in [3.8, 4) is 0 Å². The smallest absolute Gasteiger partial charge is 0.308 e. The zero-order valence-electron chi connectivity index (χ0n) is 25.1. The van der Waals surface area contributed by atoms with Crippen molar-refractivity contribution in [3.05, 3.63) is 24.2 Å². The second-order valence-corrected chi connectivity index (χ2v) is 14.2. The van der Waals surface area contributed by atoms with Crippen molar-refractivity contribution in [3.63, 3.8) is 0 Å². The molecule has 5 fully saturated rings. The molecule has 2 aliphatic heterocycles. The zero-order valence-corrected chi connectivity index (χ0v) is 25.1. The summed E-state index contributed by atoms with van der Waals surface area (Å²) in [7, 11) is 1.35. The van der Waals surface area contributed by atoms with Gasteiger partial charge in [-0.15, -0.1) is 0 Å². The average molecular weight is 571 g/mol. The average Bonchev–Trinajstić information content (AvgIpc) is 3.39. The fourth-order valence-corrected chi connectivity index (χ4v) is 9.71. The molecular formula is C32H42O9. The van der Waals surface area contributed by atoms with E-state index in [2.05, 4.69) is 6.92 Å². The number of carbonyl (C=O) groups excluding carboxylic acids is 4. The molecule has 3 heterocycles. The van der Waals surface area contributed by atoms with Gasteiger partial charge in [0.15, 0.2) is 0 Å². The molecule has 9 heteroatoms. The zero-order chi connectivity index (χ0) is 29.7. The number of hydrogen-bond donors (Lipinski definition) is 0. The van der Waals surface area contributed by atoms with E-state index in [1.54, 1.807) is 12.5 Å². The third-order valence-corrected chi connectivity index (χ3v) is 12.1. The molecule has 0 radical (unpaired) electrons. The van der Waals surface area contributed by atoms with Gasteiger partial charge in [-0.2, -0.15) is 0 Å². The minimum absolute atomic E-state index is 0.0100. The standard InChI is InChI=1S/C32H42O9/c1-8-16(2)28(36)40-26-23-24(35)31(6,19(29(26,3)4)13-21(33)37-7)18-9-11-30(5)20(32(18)27(23)41-32)14-22(34)39-25(30)17-10-12-38-15-17/h10,12,15-16,18-20,23,25-27H,8-9,11,13-14H2,1-7H3. The summed E-state index contributed by atoms with van der Waals surface area (Å²) in [6.07, 6.45) is 3.64. The third-order valence-electron chi connectivity index (χ3n) is 12.1. The minimum atomic E-state index is -0.942. The summed E-state index contributed by atoms with van der Waals surface area (Å²) in [4.78, 5) is 53.9. The SMILES string of the molecule is CCC(C)C(=O)OC1C2C(=O)C(C)(C(CC(=O)OC)C1(C)C)C1CCC3(C)C(c4ccoc4)OC(=O)CC3C13OC23. The van der Waals surface area contributed by atoms with E-state index in [-0.39, 0.29) is 48.3 Å². The predicted molar refractivity (Wildman–Crippen MR) is 144 cm³/mol. The highest BCUT2D eigenvalue weighted by Crippen LogP contribution is 2.77. The molecular weight excluding hydrogens is 528 g/mol. The first kappa shape index (κ1) is 28.4. The first-order chi connectivity index (χ1) is 19.3. The predicted octanol–water partition coefficient (Wildman–Crippen LogP) is 4.82. The van der Waals surface area contributed by atoms with Crippen LogP contribution in [0.25, 0.3) is 0 Å². The van der Waals surface area contributed by atoms with Crippen LogP contribution < -0.4 is 0 Å². The number of ketones is 1. The van der Waals surface area contributed by atoms with Gasteiger partial charge in [0.1, 0.15) is 29.7 Å². The van der Waals surface area contributed by atoms with Gasteiger partial charge in [0.2, 0.25) is 0 Å². The Kier molecular flexibility index (Phi) is 6.35. The number of Topliss-reactive ketones (excluding diaryl/α,β-unsaturated/α-hetero) is 1. The summed E-state index contributed by atoms with van der Waals surface area (Å²) in [6.45, 7) is 11.9. The number of hydrogen-bond acceptors (Lipinski definition) is 9. The number of epoxide rings is 1. The molecule has 0 amide bonds. The molecule has 3 saturated carbocycles. The lowest BCUT2D eigenvalue weighted by Crippen LogP contribution is -2.72. The van der Waals surface area contributed by atoms with Crippen molar-refractivity contribution in [2.75, 3.05) is 7.11 Å². The molecule has 2 saturated heterocycles. The Bertz CT molecular complexity index is 1270. The van der Waals surface area contributed by atoms with Gasteiger partial charge in [-0.3, -0.25) is 19.2 Å². The number of methoxy groups -OCH3 is 1. The van der Waals surface area contributed by atoms with Crippen molar-refractivity contribution < 1.29 is 42.5 Å². The number of esters is 3. The summed E-state index contributed by atoms with van der Waals surface area (Å²) in [6, 6.07) is 1.83. The van der Waals surface area contributed by atoms with Crippen LogP contribution in [0.2, 0.25) is 0 Å². The second-order valence-electron chi connectivity index (χ2n) is 14.2. The number of carbonyl (C=O) groups is 4. The maximum absolute atomic E-state index is 14.6. The van der Waals surface area contributed by atoms with Crippen molar-refractivity contribution in [2.45, 2.75) is 97.6 Å². The van der Waals surface area contributed by atoms with Crippen LogP contribution in [0.15, 0.2) is 23.0 Å². The van der Waals surface area contributed by atoms with Crippen LogP contribution in [0.1, 0.15) is 85.3 Å². The Morgan fingerprint density at radius 3 is 2.51 bits per heavy atom. The quantitative estimate of drug-likeness (QED) is 0.269. The largest absolute Gasteiger partial charge is 0.472 e. The normalized spacial score (nSPS) is 44.4. The summed E-state index contributed by atoms with van der Waals surface area (Å²) in [5.41, 5.74) is -2.07. The van der Waals surface area contributed by atoms with Gasteiger partial charge < -0.3 is 23.4 Å². The van der Waals surface area contributed by atoms with Crippen molar-refractivity contribution in [1.82, 2.24) is 0 Å². The fraction of sp³-hybridized carbons (Fsp3) is 0.750. The van der Waals surface area contributed by atoms with Gasteiger partial charge in [-0.1, -0.05) is 41.5 Å². The van der Waals surface area contributed by atoms with Crippen molar-refractivity contribution in [1.29, 1.82) is 0 Å². The van der Waals surface area contributed by atoms with Gasteiger partial charge in [-0.05, 0) is 31.2 Å². The van der Waals surface area contributed by atoms with Crippen LogP contribution in [-0.4, -0.2) is 48.6 Å². The first-order valence-electron chi connectivity index (χ1n) is 15.0. The van der Waals surface area contributed by atoms with E-state index in [1.807, 2.05) is 40.7 Å². The topological polar surface area (TPSA) is 122 Å². The number of ether oxygens (including phenoxy) is 4. The van der Waals surface area contributed by atoms with Crippen LogP contribution in [0.5, 0.6) is 0 Å². The molecule has 3 aliphatic carbocycles. The van der Waals surface area contributed by atoms with E-state index in [1.165, 1.54) is 7.11 Å². The molecule has 224 valence electrons. The summed E-state index contributed by atoms with van der Waals surface area (Å²) >= 11 is 0. The molecule has 0 aromatic carbocycles. The highest BCUT2D eigenvalue weighted by atomic mass is 16.6. The highest BCUT2D eigenvalue weighted by Gasteiger charge is 2.86. The van der Waals surface area contributed by atoms with Gasteiger partial charge in [-0.25, -0.2) is 0 Å². The molecule has 5 aliphatic rings. The summed E-state index contributed by atoms with van der Waals surface area (Å²) in [5, 5.41) is 0. The van der Waals surface area contributed by atoms with E-state index in [0.717, 1.165) is 5.56 Å². The van der Waals surface area contributed by atoms with Gasteiger partial charge in [0, 0.05) is 40.1 Å². The first-order valence-corrected chi connectivity index (χ1v) is 15.0. The lowest BCUT2D eigenvalue weighted by atomic mass is 9.37. The maximum atomic E-state index is 14.6. The number of furan rings is 1. The Morgan fingerprint density at radius 2 is 1.88 bits per heavy atom. The molecule has 6 rings (SSSR count). The molecule has 9 nitrogen and oxygen atoms in total. The second kappa shape index (κ2) is 9.16. The van der Waals surface area contributed by atoms with Gasteiger partial charge >= 0.3 is 17.9 Å². The lowest BCUT2D eigenvalue weighted by Gasteiger charge is -2.65. The van der Waals surface area contributed by atoms with Crippen LogP contribution >= 0.6 is 0 Å². The number of cyclic esters (lactones) is 1. The summed E-state index contributed by atoms with van der Waals surface area (Å²) in [5.74, 6) is -2.99. The van der Waals surface area contributed by atoms with Crippen LogP contribution in [-0.2, 0) is 38.1 Å². The minimum Gasteiger partial charge on any atom is -0.472 e. The molecule has 1 spiro atoms. The molecule has 1 aromatic rings. The van der Waals surface area contributed by atoms with E-state index in [0.29, 0.717) is 19.3 Å². The highest BCUT2D eigenvalue weighted by molar-refractivity contribution is 5.93. The molecule has 11 atom stereocenters. The van der Waals surface area contributed by atoms with E-state index in [4.69, 9.17) is 23.4 Å². The molecule has 41 heavy (non-hydrogen) atoms. The van der Waals surface area contributed by atoms with E-state index in [9.17, 15) is 19.2 Å². The van der Waals surface area contributed by atoms with Crippen molar-refractivity contribution in [2.24, 2.45) is 45.8 Å². The lowest BCUT2D eigenvalue weighted by molar-refractivity contribution is -0.222. The van der Waals surface area contributed by atoms with Crippen molar-refractivity contribution >= 4 is 23.7 Å². The van der Waals surface area contributed by atoms with E-state index < -0.39 is 58.0 Å². The third kappa shape index (κ3) is 3.63. The molecule has 1 aromatic heterocycles. The van der Waals surface area contributed by atoms with E-state index >= 15 is 0 Å². The number of fused-ring (bicyclic) bond motifs is 5. The molecule has 11 unspecified atom stereocenters. The fourth-order valence-electron chi connectivity index (χ4n) is 9.71. The molecule has 0 N–H and O–H groups in total. The maximum Gasteiger partial charge on any atom is 0.308 e. The van der Waals surface area contributed by atoms with Crippen LogP contribution in [0.4, 0.5) is 0 Å². The Morgan fingerprint density at radius 1 is 1.15 bits per heavy atom. The summed E-state index contributed by atoms with van der Waals surface area (Å²) < 4.78 is 29.5. The Labute approximate surface area is 241 Å². The van der Waals surface area contributed by atoms with Crippen LogP contribution in [0, 0.1) is 45.8 Å². The number of rotatable bonds is 6. The van der Waals surface area contributed by atoms with Gasteiger partial charge in [0.25, 0.3) is 0 Å².